The lowest BCUT2D eigenvalue weighted by atomic mass is 10.00. The van der Waals surface area contributed by atoms with Crippen LogP contribution < -0.4 is 5.73 Å². The molecule has 1 aromatic rings. The lowest BCUT2D eigenvalue weighted by Gasteiger charge is -2.35. The van der Waals surface area contributed by atoms with Gasteiger partial charge in [-0.1, -0.05) is 13.8 Å². The fourth-order valence-electron chi connectivity index (χ4n) is 2.57. The minimum absolute atomic E-state index is 0.155. The third kappa shape index (κ3) is 4.08. The SMILES string of the molecule is Cc1ccc(C(C(C)N)N(C)C(C)CC(C)C)s1. The van der Waals surface area contributed by atoms with E-state index in [1.165, 1.54) is 16.2 Å². The molecule has 2 N–H and O–H groups in total. The van der Waals surface area contributed by atoms with E-state index in [2.05, 4.69) is 58.7 Å². The van der Waals surface area contributed by atoms with E-state index < -0.39 is 0 Å². The second-order valence-electron chi connectivity index (χ2n) is 5.90. The Bertz CT molecular complexity index is 357. The molecule has 0 bridgehead atoms. The quantitative estimate of drug-likeness (QED) is 0.850. The summed E-state index contributed by atoms with van der Waals surface area (Å²) in [5.74, 6) is 0.723. The predicted molar refractivity (Wildman–Crippen MR) is 82.1 cm³/mol. The topological polar surface area (TPSA) is 29.3 Å². The largest absolute Gasteiger partial charge is 0.326 e. The summed E-state index contributed by atoms with van der Waals surface area (Å²) in [7, 11) is 2.20. The van der Waals surface area contributed by atoms with E-state index in [1.54, 1.807) is 0 Å². The van der Waals surface area contributed by atoms with Gasteiger partial charge in [0.05, 0.1) is 6.04 Å². The molecule has 0 saturated carbocycles. The van der Waals surface area contributed by atoms with E-state index in [0.717, 1.165) is 5.92 Å². The van der Waals surface area contributed by atoms with Gasteiger partial charge in [-0.05, 0) is 52.3 Å². The third-order valence-corrected chi connectivity index (χ3v) is 4.57. The normalized spacial score (nSPS) is 17.2. The van der Waals surface area contributed by atoms with Crippen molar-refractivity contribution in [2.75, 3.05) is 7.05 Å². The van der Waals surface area contributed by atoms with Gasteiger partial charge in [0.1, 0.15) is 0 Å². The van der Waals surface area contributed by atoms with Crippen molar-refractivity contribution < 1.29 is 0 Å². The highest BCUT2D eigenvalue weighted by molar-refractivity contribution is 7.12. The summed E-state index contributed by atoms with van der Waals surface area (Å²) < 4.78 is 0. The first-order valence-electron chi connectivity index (χ1n) is 6.86. The Labute approximate surface area is 116 Å². The molecule has 0 aliphatic heterocycles. The van der Waals surface area contributed by atoms with E-state index in [4.69, 9.17) is 5.73 Å². The zero-order valence-electron chi connectivity index (χ0n) is 12.6. The minimum Gasteiger partial charge on any atom is -0.326 e. The molecule has 0 spiro atoms. The lowest BCUT2D eigenvalue weighted by molar-refractivity contribution is 0.150. The molecule has 0 aliphatic carbocycles. The van der Waals surface area contributed by atoms with E-state index in [0.29, 0.717) is 12.1 Å². The summed E-state index contributed by atoms with van der Waals surface area (Å²) in [5, 5.41) is 0. The number of hydrogen-bond donors (Lipinski definition) is 1. The van der Waals surface area contributed by atoms with Gasteiger partial charge in [-0.15, -0.1) is 11.3 Å². The first-order chi connectivity index (χ1) is 8.32. The minimum atomic E-state index is 0.155. The molecule has 0 aromatic carbocycles. The number of nitrogens with zero attached hydrogens (tertiary/aromatic N) is 1. The van der Waals surface area contributed by atoms with Crippen LogP contribution in [0.3, 0.4) is 0 Å². The molecule has 0 radical (unpaired) electrons. The van der Waals surface area contributed by atoms with Crippen molar-refractivity contribution in [1.29, 1.82) is 0 Å². The molecule has 104 valence electrons. The summed E-state index contributed by atoms with van der Waals surface area (Å²) in [6.45, 7) is 11.1. The molecule has 0 amide bonds. The van der Waals surface area contributed by atoms with Crippen LogP contribution in [0.1, 0.15) is 49.9 Å². The van der Waals surface area contributed by atoms with Gasteiger partial charge in [0, 0.05) is 21.8 Å². The molecule has 0 saturated heterocycles. The van der Waals surface area contributed by atoms with E-state index in [9.17, 15) is 0 Å². The van der Waals surface area contributed by atoms with E-state index in [1.807, 2.05) is 11.3 Å². The van der Waals surface area contributed by atoms with Crippen LogP contribution in [0.2, 0.25) is 0 Å². The van der Waals surface area contributed by atoms with Gasteiger partial charge in [0.25, 0.3) is 0 Å². The fourth-order valence-corrected chi connectivity index (χ4v) is 3.71. The smallest absolute Gasteiger partial charge is 0.0590 e. The highest BCUT2D eigenvalue weighted by atomic mass is 32.1. The third-order valence-electron chi connectivity index (χ3n) is 3.50. The molecule has 3 atom stereocenters. The van der Waals surface area contributed by atoms with Gasteiger partial charge in [-0.2, -0.15) is 0 Å². The van der Waals surface area contributed by atoms with Crippen LogP contribution in [0.4, 0.5) is 0 Å². The number of likely N-dealkylation sites (N-methyl/N-ethyl adjacent to an activating group) is 1. The molecular formula is C15H28N2S. The Morgan fingerprint density at radius 3 is 2.22 bits per heavy atom. The van der Waals surface area contributed by atoms with Gasteiger partial charge >= 0.3 is 0 Å². The number of thiophene rings is 1. The Balaban J connectivity index is 2.85. The molecular weight excluding hydrogens is 240 g/mol. The molecule has 2 nitrogen and oxygen atoms in total. The van der Waals surface area contributed by atoms with Crippen molar-refractivity contribution in [1.82, 2.24) is 4.90 Å². The summed E-state index contributed by atoms with van der Waals surface area (Å²) in [6, 6.07) is 5.46. The molecule has 3 unspecified atom stereocenters. The summed E-state index contributed by atoms with van der Waals surface area (Å²) in [4.78, 5) is 5.19. The average molecular weight is 268 g/mol. The van der Waals surface area contributed by atoms with Gasteiger partial charge in [-0.3, -0.25) is 4.90 Å². The zero-order valence-corrected chi connectivity index (χ0v) is 13.4. The van der Waals surface area contributed by atoms with Gasteiger partial charge < -0.3 is 5.73 Å². The van der Waals surface area contributed by atoms with Crippen LogP contribution in [0.5, 0.6) is 0 Å². The number of aryl methyl sites for hydroxylation is 1. The second kappa shape index (κ2) is 6.69. The van der Waals surface area contributed by atoms with Gasteiger partial charge in [0.2, 0.25) is 0 Å². The molecule has 18 heavy (non-hydrogen) atoms. The van der Waals surface area contributed by atoms with Crippen molar-refractivity contribution in [3.63, 3.8) is 0 Å². The zero-order chi connectivity index (χ0) is 13.9. The monoisotopic (exact) mass is 268 g/mol. The van der Waals surface area contributed by atoms with Crippen LogP contribution in [0.15, 0.2) is 12.1 Å². The Kier molecular flexibility index (Phi) is 5.83. The molecule has 1 rings (SSSR count). The molecule has 0 aliphatic rings. The molecule has 3 heteroatoms. The highest BCUT2D eigenvalue weighted by Gasteiger charge is 2.26. The highest BCUT2D eigenvalue weighted by Crippen LogP contribution is 2.31. The number of hydrogen-bond acceptors (Lipinski definition) is 3. The van der Waals surface area contributed by atoms with Gasteiger partial charge in [0.15, 0.2) is 0 Å². The predicted octanol–water partition coefficient (Wildman–Crippen LogP) is 3.81. The van der Waals surface area contributed by atoms with Crippen molar-refractivity contribution >= 4 is 11.3 Å². The maximum atomic E-state index is 6.21. The summed E-state index contributed by atoms with van der Waals surface area (Å²) in [6.07, 6.45) is 1.21. The van der Waals surface area contributed by atoms with Crippen LogP contribution in [0, 0.1) is 12.8 Å². The number of rotatable bonds is 6. The first kappa shape index (κ1) is 15.7. The molecule has 1 aromatic heterocycles. The Morgan fingerprint density at radius 2 is 1.83 bits per heavy atom. The maximum Gasteiger partial charge on any atom is 0.0590 e. The van der Waals surface area contributed by atoms with Crippen molar-refractivity contribution in [2.45, 2.75) is 59.2 Å². The van der Waals surface area contributed by atoms with E-state index >= 15 is 0 Å². The van der Waals surface area contributed by atoms with E-state index in [-0.39, 0.29) is 6.04 Å². The van der Waals surface area contributed by atoms with Crippen LogP contribution in [0.25, 0.3) is 0 Å². The Hall–Kier alpha value is -0.380. The van der Waals surface area contributed by atoms with Crippen molar-refractivity contribution in [3.8, 4) is 0 Å². The lowest BCUT2D eigenvalue weighted by Crippen LogP contribution is -2.41. The fraction of sp³-hybridized carbons (Fsp3) is 0.733. The summed E-state index contributed by atoms with van der Waals surface area (Å²) >= 11 is 1.87. The van der Waals surface area contributed by atoms with Crippen molar-refractivity contribution in [3.05, 3.63) is 21.9 Å². The number of nitrogens with two attached hydrogens (primary N) is 1. The van der Waals surface area contributed by atoms with Crippen LogP contribution in [-0.4, -0.2) is 24.0 Å². The molecule has 0 fully saturated rings. The second-order valence-corrected chi connectivity index (χ2v) is 7.22. The standard InChI is InChI=1S/C15H28N2S/c1-10(2)9-11(3)17(6)15(13(5)16)14-8-7-12(4)18-14/h7-8,10-11,13,15H,9,16H2,1-6H3. The van der Waals surface area contributed by atoms with Crippen LogP contribution in [-0.2, 0) is 0 Å². The van der Waals surface area contributed by atoms with Gasteiger partial charge in [-0.25, -0.2) is 0 Å². The Morgan fingerprint density at radius 1 is 1.22 bits per heavy atom. The average Bonchev–Trinajstić information content (AvgIpc) is 2.63. The maximum absolute atomic E-state index is 6.21. The van der Waals surface area contributed by atoms with Crippen molar-refractivity contribution in [2.24, 2.45) is 11.7 Å². The molecule has 1 heterocycles. The first-order valence-corrected chi connectivity index (χ1v) is 7.68. The van der Waals surface area contributed by atoms with Crippen LogP contribution >= 0.6 is 11.3 Å². The summed E-state index contributed by atoms with van der Waals surface area (Å²) in [5.41, 5.74) is 6.21.